The summed E-state index contributed by atoms with van der Waals surface area (Å²) in [5, 5.41) is 9.00. The first kappa shape index (κ1) is 15.4. The minimum absolute atomic E-state index is 0.140. The molecule has 5 heteroatoms. The monoisotopic (exact) mass is 311 g/mol. The summed E-state index contributed by atoms with van der Waals surface area (Å²) in [5.41, 5.74) is 2.22. The maximum absolute atomic E-state index is 6.33. The van der Waals surface area contributed by atoms with Crippen LogP contribution in [0.25, 0.3) is 0 Å². The van der Waals surface area contributed by atoms with Crippen LogP contribution in [0.15, 0.2) is 30.6 Å². The average molecular weight is 312 g/mol. The van der Waals surface area contributed by atoms with E-state index in [9.17, 15) is 0 Å². The predicted molar refractivity (Wildman–Crippen MR) is 84.5 cm³/mol. The Morgan fingerprint density at radius 1 is 1.30 bits per heavy atom. The van der Waals surface area contributed by atoms with Crippen molar-refractivity contribution in [3.05, 3.63) is 51.8 Å². The van der Waals surface area contributed by atoms with E-state index in [1.807, 2.05) is 29.1 Å². The van der Waals surface area contributed by atoms with Crippen molar-refractivity contribution in [1.82, 2.24) is 15.1 Å². The Hall–Kier alpha value is -1.03. The minimum Gasteiger partial charge on any atom is -0.310 e. The van der Waals surface area contributed by atoms with E-state index in [4.69, 9.17) is 23.2 Å². The zero-order chi connectivity index (χ0) is 14.5. The molecule has 3 nitrogen and oxygen atoms in total. The van der Waals surface area contributed by atoms with Crippen molar-refractivity contribution in [3.8, 4) is 0 Å². The molecule has 0 saturated carbocycles. The highest BCUT2D eigenvalue weighted by molar-refractivity contribution is 6.42. The lowest BCUT2D eigenvalue weighted by atomic mass is 10.0. The summed E-state index contributed by atoms with van der Waals surface area (Å²) in [7, 11) is 0. The molecule has 0 fully saturated rings. The predicted octanol–water partition coefficient (Wildman–Crippen LogP) is 4.10. The van der Waals surface area contributed by atoms with Gasteiger partial charge in [-0.25, -0.2) is 0 Å². The molecule has 1 aromatic heterocycles. The molecule has 108 valence electrons. The fourth-order valence-corrected chi connectivity index (χ4v) is 2.69. The van der Waals surface area contributed by atoms with Gasteiger partial charge in [0.2, 0.25) is 0 Å². The van der Waals surface area contributed by atoms with E-state index in [-0.39, 0.29) is 6.04 Å². The number of nitrogens with zero attached hydrogens (tertiary/aromatic N) is 2. The van der Waals surface area contributed by atoms with Gasteiger partial charge in [-0.2, -0.15) is 5.10 Å². The Kier molecular flexibility index (Phi) is 5.46. The zero-order valence-electron chi connectivity index (χ0n) is 11.7. The molecule has 0 amide bonds. The van der Waals surface area contributed by atoms with Crippen LogP contribution in [-0.2, 0) is 13.0 Å². The molecule has 2 aromatic rings. The minimum atomic E-state index is 0.140. The Labute approximate surface area is 129 Å². The number of likely N-dealkylation sites (N-methyl/N-ethyl adjacent to an activating group) is 1. The van der Waals surface area contributed by atoms with Crippen LogP contribution in [0.3, 0.4) is 0 Å². The molecule has 0 aliphatic carbocycles. The summed E-state index contributed by atoms with van der Waals surface area (Å²) in [6.07, 6.45) is 4.82. The van der Waals surface area contributed by atoms with Crippen molar-refractivity contribution in [3.63, 3.8) is 0 Å². The van der Waals surface area contributed by atoms with Gasteiger partial charge >= 0.3 is 0 Å². The highest BCUT2D eigenvalue weighted by Crippen LogP contribution is 2.31. The van der Waals surface area contributed by atoms with Gasteiger partial charge < -0.3 is 5.32 Å². The van der Waals surface area contributed by atoms with E-state index in [1.54, 1.807) is 0 Å². The Bertz CT molecular complexity index is 566. The molecule has 0 bridgehead atoms. The molecule has 0 radical (unpaired) electrons. The molecule has 0 saturated heterocycles. The van der Waals surface area contributed by atoms with Crippen LogP contribution in [0.4, 0.5) is 0 Å². The van der Waals surface area contributed by atoms with Crippen molar-refractivity contribution in [1.29, 1.82) is 0 Å². The first-order valence-electron chi connectivity index (χ1n) is 6.84. The number of hydrogen-bond donors (Lipinski definition) is 1. The topological polar surface area (TPSA) is 29.9 Å². The molecule has 0 aliphatic heterocycles. The maximum atomic E-state index is 6.33. The van der Waals surface area contributed by atoms with Gasteiger partial charge in [-0.05, 0) is 37.1 Å². The summed E-state index contributed by atoms with van der Waals surface area (Å²) >= 11 is 12.4. The molecule has 1 unspecified atom stereocenters. The quantitative estimate of drug-likeness (QED) is 0.870. The highest BCUT2D eigenvalue weighted by Gasteiger charge is 2.16. The standard InChI is InChI=1S/C15H19Cl2N3/c1-3-18-14(8-11-9-19-20(4-2)10-11)12-6-5-7-13(16)15(12)17/h5-7,9-10,14,18H,3-4,8H2,1-2H3. The third kappa shape index (κ3) is 3.54. The van der Waals surface area contributed by atoms with E-state index in [0.29, 0.717) is 10.0 Å². The normalized spacial score (nSPS) is 12.6. The summed E-state index contributed by atoms with van der Waals surface area (Å²) < 4.78 is 1.93. The Morgan fingerprint density at radius 3 is 2.75 bits per heavy atom. The molecule has 1 N–H and O–H groups in total. The number of halogens is 2. The van der Waals surface area contributed by atoms with Crippen LogP contribution in [0, 0.1) is 0 Å². The van der Waals surface area contributed by atoms with Crippen LogP contribution in [0.5, 0.6) is 0 Å². The second-order valence-electron chi connectivity index (χ2n) is 4.66. The second kappa shape index (κ2) is 7.11. The van der Waals surface area contributed by atoms with E-state index < -0.39 is 0 Å². The van der Waals surface area contributed by atoms with Crippen LogP contribution in [0.1, 0.15) is 31.0 Å². The number of benzene rings is 1. The third-order valence-corrected chi connectivity index (χ3v) is 4.09. The van der Waals surface area contributed by atoms with Crippen LogP contribution in [-0.4, -0.2) is 16.3 Å². The number of nitrogens with one attached hydrogen (secondary N) is 1. The second-order valence-corrected chi connectivity index (χ2v) is 5.45. The fraction of sp³-hybridized carbons (Fsp3) is 0.400. The lowest BCUT2D eigenvalue weighted by Gasteiger charge is -2.19. The third-order valence-electron chi connectivity index (χ3n) is 3.26. The van der Waals surface area contributed by atoms with Gasteiger partial charge in [0, 0.05) is 18.8 Å². The van der Waals surface area contributed by atoms with E-state index in [0.717, 1.165) is 25.1 Å². The van der Waals surface area contributed by atoms with Crippen molar-refractivity contribution >= 4 is 23.2 Å². The lowest BCUT2D eigenvalue weighted by molar-refractivity contribution is 0.549. The SMILES string of the molecule is CCNC(Cc1cnn(CC)c1)c1cccc(Cl)c1Cl. The van der Waals surface area contributed by atoms with Crippen molar-refractivity contribution in [2.24, 2.45) is 0 Å². The average Bonchev–Trinajstić information content (AvgIpc) is 2.89. The van der Waals surface area contributed by atoms with Gasteiger partial charge in [0.25, 0.3) is 0 Å². The number of hydrogen-bond acceptors (Lipinski definition) is 2. The number of rotatable bonds is 6. The molecule has 1 atom stereocenters. The van der Waals surface area contributed by atoms with Gasteiger partial charge in [0.15, 0.2) is 0 Å². The fourth-order valence-electron chi connectivity index (χ4n) is 2.25. The lowest BCUT2D eigenvalue weighted by Crippen LogP contribution is -2.23. The van der Waals surface area contributed by atoms with E-state index >= 15 is 0 Å². The van der Waals surface area contributed by atoms with Gasteiger partial charge in [-0.3, -0.25) is 4.68 Å². The Morgan fingerprint density at radius 2 is 2.10 bits per heavy atom. The summed E-state index contributed by atoms with van der Waals surface area (Å²) in [4.78, 5) is 0. The molecule has 1 heterocycles. The van der Waals surface area contributed by atoms with Gasteiger partial charge in [0.1, 0.15) is 0 Å². The molecule has 0 aliphatic rings. The molecular formula is C15H19Cl2N3. The smallest absolute Gasteiger partial charge is 0.0640 e. The van der Waals surface area contributed by atoms with Gasteiger partial charge in [-0.15, -0.1) is 0 Å². The molecule has 0 spiro atoms. The van der Waals surface area contributed by atoms with E-state index in [2.05, 4.69) is 30.5 Å². The van der Waals surface area contributed by atoms with Gasteiger partial charge in [0.05, 0.1) is 16.2 Å². The summed E-state index contributed by atoms with van der Waals surface area (Å²) in [5.74, 6) is 0. The first-order chi connectivity index (χ1) is 9.65. The molecule has 20 heavy (non-hydrogen) atoms. The van der Waals surface area contributed by atoms with E-state index in [1.165, 1.54) is 5.56 Å². The maximum Gasteiger partial charge on any atom is 0.0640 e. The number of aromatic nitrogens is 2. The first-order valence-corrected chi connectivity index (χ1v) is 7.59. The van der Waals surface area contributed by atoms with Crippen molar-refractivity contribution < 1.29 is 0 Å². The molecular weight excluding hydrogens is 293 g/mol. The largest absolute Gasteiger partial charge is 0.310 e. The highest BCUT2D eigenvalue weighted by atomic mass is 35.5. The Balaban J connectivity index is 2.24. The van der Waals surface area contributed by atoms with Crippen LogP contribution >= 0.6 is 23.2 Å². The summed E-state index contributed by atoms with van der Waals surface area (Å²) in [6.45, 7) is 5.91. The zero-order valence-corrected chi connectivity index (χ0v) is 13.2. The molecule has 1 aromatic carbocycles. The summed E-state index contributed by atoms with van der Waals surface area (Å²) in [6, 6.07) is 5.90. The number of aryl methyl sites for hydroxylation is 1. The van der Waals surface area contributed by atoms with Crippen LogP contribution in [0.2, 0.25) is 10.0 Å². The van der Waals surface area contributed by atoms with Gasteiger partial charge in [-0.1, -0.05) is 42.3 Å². The van der Waals surface area contributed by atoms with Crippen molar-refractivity contribution in [2.45, 2.75) is 32.9 Å². The molecule has 2 rings (SSSR count). The van der Waals surface area contributed by atoms with Crippen molar-refractivity contribution in [2.75, 3.05) is 6.54 Å². The van der Waals surface area contributed by atoms with Crippen LogP contribution < -0.4 is 5.32 Å².